The Kier molecular flexibility index (Phi) is 3.68. The van der Waals surface area contributed by atoms with Crippen LogP contribution in [0.15, 0.2) is 42.5 Å². The molecule has 2 aromatic rings. The second-order valence-corrected chi connectivity index (χ2v) is 5.82. The number of aliphatic hydroxyl groups is 1. The first-order valence-corrected chi connectivity index (χ1v) is 7.28. The maximum Gasteiger partial charge on any atom is 0.128 e. The Balaban J connectivity index is 1.92. The highest BCUT2D eigenvalue weighted by Gasteiger charge is 2.29. The highest BCUT2D eigenvalue weighted by atomic mass is 19.1. The van der Waals surface area contributed by atoms with Crippen LogP contribution in [0.5, 0.6) is 5.75 Å². The number of hydrogen-bond acceptors (Lipinski definition) is 2. The van der Waals surface area contributed by atoms with Gasteiger partial charge in [-0.05, 0) is 43.0 Å². The summed E-state index contributed by atoms with van der Waals surface area (Å²) in [6.07, 6.45) is 2.42. The van der Waals surface area contributed by atoms with Gasteiger partial charge in [-0.25, -0.2) is 4.39 Å². The van der Waals surface area contributed by atoms with Crippen LogP contribution in [0.3, 0.4) is 0 Å². The minimum atomic E-state index is -1.04. The van der Waals surface area contributed by atoms with Crippen molar-refractivity contribution < 1.29 is 14.2 Å². The molecule has 1 heterocycles. The molecule has 0 aromatic heterocycles. The molecule has 0 spiro atoms. The second kappa shape index (κ2) is 5.49. The van der Waals surface area contributed by atoms with E-state index in [0.717, 1.165) is 35.3 Å². The molecular weight excluding hydrogens is 267 g/mol. The number of para-hydroxylation sites is 1. The minimum absolute atomic E-state index is 0.265. The van der Waals surface area contributed by atoms with Crippen molar-refractivity contribution in [3.63, 3.8) is 0 Å². The van der Waals surface area contributed by atoms with Crippen molar-refractivity contribution in [2.24, 2.45) is 0 Å². The van der Waals surface area contributed by atoms with Crippen LogP contribution in [-0.2, 0) is 18.4 Å². The first-order valence-electron chi connectivity index (χ1n) is 7.28. The van der Waals surface area contributed by atoms with E-state index in [-0.39, 0.29) is 5.82 Å². The Morgan fingerprint density at radius 3 is 2.71 bits per heavy atom. The number of ether oxygens (including phenoxy) is 1. The third-order valence-corrected chi connectivity index (χ3v) is 3.98. The van der Waals surface area contributed by atoms with Crippen LogP contribution < -0.4 is 4.74 Å². The number of hydrogen-bond donors (Lipinski definition) is 1. The van der Waals surface area contributed by atoms with Gasteiger partial charge in [0, 0.05) is 12.0 Å². The molecule has 3 rings (SSSR count). The second-order valence-electron chi connectivity index (χ2n) is 5.82. The van der Waals surface area contributed by atoms with Crippen LogP contribution in [0.4, 0.5) is 4.39 Å². The largest absolute Gasteiger partial charge is 0.493 e. The third-order valence-electron chi connectivity index (χ3n) is 3.98. The maximum atomic E-state index is 13.0. The van der Waals surface area contributed by atoms with Gasteiger partial charge in [0.2, 0.25) is 0 Å². The van der Waals surface area contributed by atoms with E-state index in [1.54, 1.807) is 19.1 Å². The highest BCUT2D eigenvalue weighted by molar-refractivity contribution is 5.46. The molecule has 0 radical (unpaired) electrons. The van der Waals surface area contributed by atoms with Crippen LogP contribution in [0.1, 0.15) is 30.0 Å². The van der Waals surface area contributed by atoms with Gasteiger partial charge in [0.1, 0.15) is 11.6 Å². The van der Waals surface area contributed by atoms with Crippen LogP contribution in [-0.4, -0.2) is 11.7 Å². The van der Waals surface area contributed by atoms with E-state index in [1.165, 1.54) is 12.1 Å². The lowest BCUT2D eigenvalue weighted by Crippen LogP contribution is -2.26. The molecule has 0 aliphatic carbocycles. The molecule has 0 bridgehead atoms. The molecule has 1 aliphatic heterocycles. The Bertz CT molecular complexity index is 632. The smallest absolute Gasteiger partial charge is 0.128 e. The number of rotatable bonds is 3. The van der Waals surface area contributed by atoms with Crippen molar-refractivity contribution in [3.8, 4) is 5.75 Å². The minimum Gasteiger partial charge on any atom is -0.493 e. The summed E-state index contributed by atoms with van der Waals surface area (Å²) in [5, 5.41) is 10.9. The van der Waals surface area contributed by atoms with Crippen molar-refractivity contribution in [1.82, 2.24) is 0 Å². The van der Waals surface area contributed by atoms with Gasteiger partial charge in [-0.15, -0.1) is 0 Å². The monoisotopic (exact) mass is 286 g/mol. The van der Waals surface area contributed by atoms with Gasteiger partial charge in [-0.3, -0.25) is 0 Å². The Morgan fingerprint density at radius 1 is 1.19 bits per heavy atom. The standard InChI is InChI=1S/C18H19FO2/c1-18(20,12-13-7-9-15(19)10-8-13)16-6-2-4-14-5-3-11-21-17(14)16/h2,4,6-10,20H,3,5,11-12H2,1H3. The molecule has 2 aromatic carbocycles. The molecule has 1 aliphatic rings. The topological polar surface area (TPSA) is 29.5 Å². The van der Waals surface area contributed by atoms with E-state index >= 15 is 0 Å². The molecule has 0 fully saturated rings. The molecule has 0 saturated carbocycles. The van der Waals surface area contributed by atoms with Crippen molar-refractivity contribution >= 4 is 0 Å². The van der Waals surface area contributed by atoms with E-state index in [2.05, 4.69) is 0 Å². The molecule has 2 nitrogen and oxygen atoms in total. The first kappa shape index (κ1) is 14.1. The van der Waals surface area contributed by atoms with Gasteiger partial charge in [-0.1, -0.05) is 30.3 Å². The fourth-order valence-corrected chi connectivity index (χ4v) is 2.91. The van der Waals surface area contributed by atoms with Crippen LogP contribution in [0.2, 0.25) is 0 Å². The van der Waals surface area contributed by atoms with Gasteiger partial charge in [0.15, 0.2) is 0 Å². The number of fused-ring (bicyclic) bond motifs is 1. The highest BCUT2D eigenvalue weighted by Crippen LogP contribution is 2.37. The van der Waals surface area contributed by atoms with E-state index in [1.807, 2.05) is 18.2 Å². The summed E-state index contributed by atoms with van der Waals surface area (Å²) in [5.74, 6) is 0.551. The Morgan fingerprint density at radius 2 is 1.95 bits per heavy atom. The molecule has 1 N–H and O–H groups in total. The molecule has 0 amide bonds. The molecule has 3 heteroatoms. The number of halogens is 1. The van der Waals surface area contributed by atoms with Crippen molar-refractivity contribution in [2.45, 2.75) is 31.8 Å². The van der Waals surface area contributed by atoms with Gasteiger partial charge >= 0.3 is 0 Å². The number of benzene rings is 2. The van der Waals surface area contributed by atoms with Crippen LogP contribution in [0, 0.1) is 5.82 Å². The maximum absolute atomic E-state index is 13.0. The first-order chi connectivity index (χ1) is 10.1. The van der Waals surface area contributed by atoms with E-state index < -0.39 is 5.60 Å². The number of aryl methyl sites for hydroxylation is 1. The zero-order valence-corrected chi connectivity index (χ0v) is 12.1. The van der Waals surface area contributed by atoms with E-state index in [9.17, 15) is 9.50 Å². The third kappa shape index (κ3) is 2.93. The summed E-state index contributed by atoms with van der Waals surface area (Å²) < 4.78 is 18.8. The lowest BCUT2D eigenvalue weighted by atomic mass is 9.86. The summed E-state index contributed by atoms with van der Waals surface area (Å²) in [6, 6.07) is 12.2. The average molecular weight is 286 g/mol. The lowest BCUT2D eigenvalue weighted by molar-refractivity contribution is 0.0534. The molecule has 21 heavy (non-hydrogen) atoms. The molecule has 1 atom stereocenters. The van der Waals surface area contributed by atoms with E-state index in [0.29, 0.717) is 13.0 Å². The fourth-order valence-electron chi connectivity index (χ4n) is 2.91. The zero-order valence-electron chi connectivity index (χ0n) is 12.1. The van der Waals surface area contributed by atoms with E-state index in [4.69, 9.17) is 4.74 Å². The molecule has 1 unspecified atom stereocenters. The quantitative estimate of drug-likeness (QED) is 0.934. The van der Waals surface area contributed by atoms with Crippen molar-refractivity contribution in [1.29, 1.82) is 0 Å². The summed E-state index contributed by atoms with van der Waals surface area (Å²) in [7, 11) is 0. The molecule has 110 valence electrons. The zero-order chi connectivity index (χ0) is 14.9. The Labute approximate surface area is 124 Å². The SMILES string of the molecule is CC(O)(Cc1ccc(F)cc1)c1cccc2c1OCCC2. The predicted octanol–water partition coefficient (Wildman–Crippen LogP) is 3.60. The Hall–Kier alpha value is -1.87. The summed E-state index contributed by atoms with van der Waals surface area (Å²) in [6.45, 7) is 2.47. The summed E-state index contributed by atoms with van der Waals surface area (Å²) in [4.78, 5) is 0. The fraction of sp³-hybridized carbons (Fsp3) is 0.333. The average Bonchev–Trinajstić information content (AvgIpc) is 2.49. The normalized spacial score (nSPS) is 16.7. The van der Waals surface area contributed by atoms with Crippen molar-refractivity contribution in [2.75, 3.05) is 6.61 Å². The van der Waals surface area contributed by atoms with Gasteiger partial charge < -0.3 is 9.84 Å². The predicted molar refractivity (Wildman–Crippen MR) is 79.9 cm³/mol. The van der Waals surface area contributed by atoms with Gasteiger partial charge in [-0.2, -0.15) is 0 Å². The molecular formula is C18H19FO2. The lowest BCUT2D eigenvalue weighted by Gasteiger charge is -2.29. The van der Waals surface area contributed by atoms with Crippen molar-refractivity contribution in [3.05, 3.63) is 65.0 Å². The van der Waals surface area contributed by atoms with Crippen LogP contribution in [0.25, 0.3) is 0 Å². The summed E-state index contributed by atoms with van der Waals surface area (Å²) >= 11 is 0. The van der Waals surface area contributed by atoms with Gasteiger partial charge in [0.25, 0.3) is 0 Å². The van der Waals surface area contributed by atoms with Gasteiger partial charge in [0.05, 0.1) is 12.2 Å². The molecule has 0 saturated heterocycles. The van der Waals surface area contributed by atoms with Crippen LogP contribution >= 0.6 is 0 Å². The summed E-state index contributed by atoms with van der Waals surface area (Å²) in [5.41, 5.74) is 1.82.